The van der Waals surface area contributed by atoms with Crippen molar-refractivity contribution < 1.29 is 62.4 Å². The summed E-state index contributed by atoms with van der Waals surface area (Å²) in [6.07, 6.45) is 22.8. The second kappa shape index (κ2) is 39.3. The molecule has 6 aromatic heterocycles. The number of methoxy groups -OCH3 is 2. The number of anilines is 6. The number of aliphatic carboxylic acids is 1. The summed E-state index contributed by atoms with van der Waals surface area (Å²) in [6.45, 7) is 9.05. The van der Waals surface area contributed by atoms with Gasteiger partial charge in [-0.1, -0.05) is 87.0 Å². The Morgan fingerprint density at radius 1 is 0.525 bits per heavy atom. The highest BCUT2D eigenvalue weighted by Gasteiger charge is 2.39. The number of nitrogens with two attached hydrogens (primary N) is 1. The number of carbonyl (C=O) groups is 8. The molecule has 10 aromatic rings. The molecule has 628 valence electrons. The molecule has 14 rings (SSSR count). The summed E-state index contributed by atoms with van der Waals surface area (Å²) in [5, 5.41) is 17.0. The number of fused-ring (bicyclic) bond motifs is 8. The molecule has 0 spiro atoms. The van der Waals surface area contributed by atoms with Gasteiger partial charge in [0.2, 0.25) is 17.6 Å². The van der Waals surface area contributed by atoms with Gasteiger partial charge in [0.25, 0.3) is 23.6 Å². The highest BCUT2D eigenvalue weighted by molar-refractivity contribution is 8.77. The number of amides is 5. The molecule has 0 aliphatic carbocycles. The van der Waals surface area contributed by atoms with E-state index >= 15 is 0 Å². The lowest BCUT2D eigenvalue weighted by atomic mass is 10.0. The number of ketones is 2. The van der Waals surface area contributed by atoms with Crippen LogP contribution in [0.1, 0.15) is 161 Å². The lowest BCUT2D eigenvalue weighted by Crippen LogP contribution is -2.37. The zero-order valence-electron chi connectivity index (χ0n) is 68.1. The van der Waals surface area contributed by atoms with Gasteiger partial charge in [-0.15, -0.1) is 0 Å². The van der Waals surface area contributed by atoms with Crippen LogP contribution >= 0.6 is 43.2 Å². The zero-order valence-corrected chi connectivity index (χ0v) is 71.3. The third-order valence-electron chi connectivity index (χ3n) is 20.1. The van der Waals surface area contributed by atoms with Crippen LogP contribution < -0.4 is 50.4 Å². The van der Waals surface area contributed by atoms with Gasteiger partial charge in [-0.25, -0.2) is 19.9 Å². The van der Waals surface area contributed by atoms with E-state index < -0.39 is 11.9 Å². The van der Waals surface area contributed by atoms with Gasteiger partial charge in [0.1, 0.15) is 17.5 Å². The number of carboxylic acids is 1. The van der Waals surface area contributed by atoms with Gasteiger partial charge in [-0.2, -0.15) is 0 Å². The quantitative estimate of drug-likeness (QED) is 0.0153. The maximum absolute atomic E-state index is 13.7. The van der Waals surface area contributed by atoms with Crippen LogP contribution in [-0.2, 0) is 50.6 Å². The zero-order chi connectivity index (χ0) is 85.0. The van der Waals surface area contributed by atoms with Crippen molar-refractivity contribution in [2.24, 2.45) is 38.2 Å². The summed E-state index contributed by atoms with van der Waals surface area (Å²) in [7, 11) is 17.1. The molecule has 2 atom stereocenters. The van der Waals surface area contributed by atoms with Crippen molar-refractivity contribution in [3.8, 4) is 45.3 Å². The smallest absolute Gasteiger partial charge is 0.303 e. The lowest BCUT2D eigenvalue weighted by Gasteiger charge is -2.22. The van der Waals surface area contributed by atoms with Crippen molar-refractivity contribution in [1.82, 2.24) is 38.2 Å². The Morgan fingerprint density at radius 3 is 1.38 bits per heavy atom. The second-order valence-electron chi connectivity index (χ2n) is 29.8. The molecule has 0 radical (unpaired) electrons. The number of benzene rings is 4. The van der Waals surface area contributed by atoms with E-state index in [0.717, 1.165) is 64.0 Å². The molecular weight excluding hydrogens is 1610 g/mol. The van der Waals surface area contributed by atoms with E-state index in [1.165, 1.54) is 18.8 Å². The van der Waals surface area contributed by atoms with Crippen LogP contribution in [0.25, 0.3) is 22.3 Å². The molecule has 0 unspecified atom stereocenters. The number of nitrogen functional groups attached to an aromatic ring is 1. The van der Waals surface area contributed by atoms with E-state index in [1.54, 1.807) is 145 Å². The minimum absolute atomic E-state index is 0. The van der Waals surface area contributed by atoms with Crippen LogP contribution in [0, 0.1) is 0 Å². The van der Waals surface area contributed by atoms with Crippen molar-refractivity contribution in [1.29, 1.82) is 0 Å². The van der Waals surface area contributed by atoms with Crippen molar-refractivity contribution in [3.63, 3.8) is 0 Å². The molecule has 10 heterocycles. The van der Waals surface area contributed by atoms with Crippen molar-refractivity contribution in [3.05, 3.63) is 192 Å². The second-order valence-corrected chi connectivity index (χ2v) is 36.1. The number of carboxylic acid groups (broad SMARTS) is 1. The number of pyridine rings is 2. The van der Waals surface area contributed by atoms with Crippen LogP contribution in [-0.4, -0.2) is 164 Å². The van der Waals surface area contributed by atoms with Crippen LogP contribution in [0.2, 0.25) is 0 Å². The molecule has 0 fully saturated rings. The van der Waals surface area contributed by atoms with E-state index in [4.69, 9.17) is 29.8 Å². The number of ether oxygens (including phenoxy) is 4. The summed E-state index contributed by atoms with van der Waals surface area (Å²) < 4.78 is 29.5. The molecule has 33 heteroatoms. The minimum atomic E-state index is -0.867. The number of aromatic nitrogens is 8. The summed E-state index contributed by atoms with van der Waals surface area (Å²) in [4.78, 5) is 132. The number of carbonyl (C=O) groups excluding carboxylic acids is 7. The van der Waals surface area contributed by atoms with E-state index in [0.29, 0.717) is 101 Å². The summed E-state index contributed by atoms with van der Waals surface area (Å²) in [5.74, 6) is 1.08. The van der Waals surface area contributed by atoms with Gasteiger partial charge >= 0.3 is 5.97 Å². The van der Waals surface area contributed by atoms with Crippen molar-refractivity contribution >= 4 is 149 Å². The monoisotopic (exact) mass is 1700 g/mol. The van der Waals surface area contributed by atoms with Crippen LogP contribution in [0.5, 0.6) is 23.0 Å². The lowest BCUT2D eigenvalue weighted by molar-refractivity contribution is -0.137. The predicted octanol–water partition coefficient (Wildman–Crippen LogP) is 16.2. The fourth-order valence-electron chi connectivity index (χ4n) is 14.1. The fourth-order valence-corrected chi connectivity index (χ4v) is 18.6. The molecule has 4 aliphatic heterocycles. The number of hydrogen-bond acceptors (Lipinski definition) is 23. The van der Waals surface area contributed by atoms with Gasteiger partial charge in [0, 0.05) is 172 Å². The van der Waals surface area contributed by atoms with E-state index in [2.05, 4.69) is 79.8 Å². The molecular formula is C87H98N16O13S4. The predicted molar refractivity (Wildman–Crippen MR) is 478 cm³/mol. The van der Waals surface area contributed by atoms with Crippen LogP contribution in [0.3, 0.4) is 0 Å². The first-order chi connectivity index (χ1) is 57.0. The van der Waals surface area contributed by atoms with Crippen molar-refractivity contribution in [2.75, 3.05) is 71.4 Å². The number of aliphatic imine (C=N–C) groups is 2. The molecule has 4 aliphatic rings. The average Bonchev–Trinajstić information content (AvgIpc) is 1.61. The van der Waals surface area contributed by atoms with E-state index in [-0.39, 0.29) is 114 Å². The molecule has 0 saturated carbocycles. The highest BCUT2D eigenvalue weighted by atomic mass is 33.1. The Morgan fingerprint density at radius 2 is 0.967 bits per heavy atom. The molecule has 0 saturated heterocycles. The van der Waals surface area contributed by atoms with E-state index in [9.17, 15) is 38.4 Å². The van der Waals surface area contributed by atoms with Gasteiger partial charge in [0.05, 0.1) is 73.4 Å². The SMILES string of the molecule is C.COc1cc2c(cc1OCCCC(=O)Nc1cn(C)c(C(=O)Nc3ccc(-c4cc(C(=O)CCC(C)(C)SSC)n(C)c4)cn3)n1)N=C[C@@H]1Cc3ccccc3N1C2=O.COc1cc2c(cc1OCCCC(=O)O)N=C[C@@H]1Cc3ccccc3N1C2=O.CSSC(C)(C)CCC(=O)c1cc(-c2ccc(NC(=O)c3nc(N)cn3C)nc2)cn1C. The van der Waals surface area contributed by atoms with E-state index in [1.807, 2.05) is 115 Å². The summed E-state index contributed by atoms with van der Waals surface area (Å²) in [6, 6.07) is 33.0. The van der Waals surface area contributed by atoms with Crippen LogP contribution in [0.4, 0.5) is 46.0 Å². The number of nitrogens with zero attached hydrogens (tertiary/aromatic N) is 12. The first-order valence-corrected chi connectivity index (χ1v) is 43.5. The Bertz CT molecular complexity index is 5540. The maximum atomic E-state index is 13.7. The molecule has 5 amide bonds. The Hall–Kier alpha value is -11.9. The summed E-state index contributed by atoms with van der Waals surface area (Å²) >= 11 is 0. The number of Topliss-reactive ketones (excluding diaryl/α,β-unsaturated/α-hetero) is 2. The normalized spacial score (nSPS) is 14.0. The highest BCUT2D eigenvalue weighted by Crippen LogP contribution is 2.45. The van der Waals surface area contributed by atoms with Gasteiger partial charge in [-0.3, -0.25) is 58.1 Å². The van der Waals surface area contributed by atoms with Crippen LogP contribution in [0.15, 0.2) is 156 Å². The first kappa shape index (κ1) is 88.9. The molecule has 0 bridgehead atoms. The minimum Gasteiger partial charge on any atom is -0.493 e. The molecule has 6 N–H and O–H groups in total. The largest absolute Gasteiger partial charge is 0.493 e. The number of hydrogen-bond donors (Lipinski definition) is 5. The number of para-hydroxylation sites is 2. The number of imidazole rings is 2. The topological polar surface area (TPSA) is 358 Å². The molecule has 120 heavy (non-hydrogen) atoms. The number of aryl methyl sites for hydroxylation is 4. The van der Waals surface area contributed by atoms with Crippen molar-refractivity contribution in [2.45, 2.75) is 121 Å². The van der Waals surface area contributed by atoms with Gasteiger partial charge in [-0.05, 0) is 138 Å². The third kappa shape index (κ3) is 21.4. The molecule has 29 nitrogen and oxygen atoms in total. The third-order valence-corrected chi connectivity index (χ3v) is 25.4. The maximum Gasteiger partial charge on any atom is 0.303 e. The Kier molecular flexibility index (Phi) is 29.1. The molecule has 4 aromatic carbocycles. The Labute approximate surface area is 712 Å². The Balaban J connectivity index is 0.000000194. The first-order valence-electron chi connectivity index (χ1n) is 38.3. The number of nitrogens with one attached hydrogen (secondary N) is 3. The standard InChI is InChI=1S/C43H46N8O6S2.C22H28N6O2S2.C21H20N2O5.CH4/c1-43(2,59-58-6)16-15-34(52)33-19-28(24-49(33)3)27-13-14-37(45-22-27)48-41(54)40-47-38(25-50(40)4)46-39(53)12-9-17-57-36-21-31-30(20-35(36)56-5)42(55)51-29(23-44-31)18-26-10-7-8-11-32(26)51;1-22(2,32-31-5)9-8-17(29)16-10-15(12-27(16)3)14-6-7-19(24-11-14)26-21(30)20-25-18(23)13-28(20)4;1-27-18-10-15-16(11-19(18)28-8-4-7-20(24)25)22-12-14-9-13-5-2-3-6-17(13)23(14)21(15)26;/h7-8,10-11,13-14,19-25,29H,9,12,15-18H2,1-6H3,(H,46,53)(H,45,48,54);6-7,10-13H,8-9,23H2,1-5H3,(H,24,26,30);2-3,5-6,10-12,14H,4,7-9H2,1H3,(H,24,25);1H4/t29-;;14-;/m0.0./s1. The van der Waals surface area contributed by atoms with Gasteiger partial charge < -0.3 is 64.0 Å². The average molecular weight is 1700 g/mol. The fraction of sp³-hybridized carbons (Fsp3) is 0.333. The van der Waals surface area contributed by atoms with Gasteiger partial charge in [0.15, 0.2) is 40.4 Å². The summed E-state index contributed by atoms with van der Waals surface area (Å²) in [5.41, 5.74) is 16.3. The number of rotatable bonds is 31.